The summed E-state index contributed by atoms with van der Waals surface area (Å²) < 4.78 is 10.5. The Morgan fingerprint density at radius 2 is 2.29 bits per heavy atom. The zero-order valence-corrected chi connectivity index (χ0v) is 12.1. The topological polar surface area (TPSA) is 76.7 Å². The van der Waals surface area contributed by atoms with Crippen molar-refractivity contribution in [3.8, 4) is 5.75 Å². The third-order valence-electron chi connectivity index (χ3n) is 3.66. The van der Waals surface area contributed by atoms with Gasteiger partial charge in [-0.05, 0) is 45.4 Å². The number of rotatable bonds is 6. The van der Waals surface area contributed by atoms with Crippen molar-refractivity contribution >= 4 is 5.97 Å². The number of aryl methyl sites for hydroxylation is 1. The van der Waals surface area contributed by atoms with E-state index in [1.165, 1.54) is 24.3 Å². The van der Waals surface area contributed by atoms with E-state index in [0.29, 0.717) is 18.6 Å². The molecule has 1 aliphatic carbocycles. The van der Waals surface area contributed by atoms with Crippen molar-refractivity contribution in [2.45, 2.75) is 51.6 Å². The molecule has 2 rings (SSSR count). The standard InChI is InChI=1S/C16H20O5/c1-11-15(13(17)9-10-20-11)21-14(16(18)19)8-7-12-5-3-2-4-6-12/h5,9-10,14H,2-4,6-8H2,1H3,(H,18,19). The first-order valence-electron chi connectivity index (χ1n) is 7.23. The Hall–Kier alpha value is -2.04. The van der Waals surface area contributed by atoms with E-state index in [1.807, 2.05) is 0 Å². The Bertz CT molecular complexity index is 585. The first kappa shape index (κ1) is 15.4. The number of hydrogen-bond donors (Lipinski definition) is 1. The third kappa shape index (κ3) is 4.21. The molecular formula is C16H20O5. The Morgan fingerprint density at radius 3 is 2.90 bits per heavy atom. The lowest BCUT2D eigenvalue weighted by atomic mass is 9.95. The fraction of sp³-hybridized carbons (Fsp3) is 0.500. The normalized spacial score (nSPS) is 16.1. The second-order valence-electron chi connectivity index (χ2n) is 5.26. The zero-order valence-electron chi connectivity index (χ0n) is 12.1. The lowest BCUT2D eigenvalue weighted by molar-refractivity contribution is -0.145. The van der Waals surface area contributed by atoms with Gasteiger partial charge in [0.25, 0.3) is 0 Å². The largest absolute Gasteiger partial charge is 0.479 e. The molecule has 0 saturated heterocycles. The summed E-state index contributed by atoms with van der Waals surface area (Å²) in [6, 6.07) is 1.23. The summed E-state index contributed by atoms with van der Waals surface area (Å²) in [6.07, 6.45) is 7.92. The minimum atomic E-state index is -1.06. The fourth-order valence-corrected chi connectivity index (χ4v) is 2.46. The number of aliphatic carboxylic acids is 1. The van der Waals surface area contributed by atoms with Crippen molar-refractivity contribution in [3.63, 3.8) is 0 Å². The Balaban J connectivity index is 2.04. The average Bonchev–Trinajstić information content (AvgIpc) is 2.47. The molecule has 1 aromatic heterocycles. The van der Waals surface area contributed by atoms with Crippen LogP contribution in [-0.2, 0) is 4.79 Å². The number of hydrogen-bond acceptors (Lipinski definition) is 4. The van der Waals surface area contributed by atoms with Crippen LogP contribution in [0.15, 0.2) is 33.2 Å². The molecule has 114 valence electrons. The quantitative estimate of drug-likeness (QED) is 0.815. The predicted octanol–water partition coefficient (Wildman–Crippen LogP) is 3.06. The van der Waals surface area contributed by atoms with Gasteiger partial charge in [0, 0.05) is 6.07 Å². The highest BCUT2D eigenvalue weighted by molar-refractivity contribution is 5.72. The first-order chi connectivity index (χ1) is 10.1. The van der Waals surface area contributed by atoms with Crippen molar-refractivity contribution in [1.82, 2.24) is 0 Å². The van der Waals surface area contributed by atoms with Crippen LogP contribution in [0.5, 0.6) is 5.75 Å². The van der Waals surface area contributed by atoms with E-state index in [4.69, 9.17) is 9.15 Å². The molecule has 5 heteroatoms. The minimum Gasteiger partial charge on any atom is -0.479 e. The summed E-state index contributed by atoms with van der Waals surface area (Å²) in [5, 5.41) is 9.27. The van der Waals surface area contributed by atoms with Crippen molar-refractivity contribution in [1.29, 1.82) is 0 Å². The van der Waals surface area contributed by atoms with Gasteiger partial charge in [0.2, 0.25) is 11.2 Å². The zero-order chi connectivity index (χ0) is 15.2. The van der Waals surface area contributed by atoms with Gasteiger partial charge in [-0.25, -0.2) is 4.79 Å². The van der Waals surface area contributed by atoms with Crippen LogP contribution in [0.25, 0.3) is 0 Å². The molecule has 1 atom stereocenters. The Kier molecular flexibility index (Phi) is 5.20. The van der Waals surface area contributed by atoms with E-state index in [1.54, 1.807) is 6.92 Å². The molecule has 1 aliphatic rings. The van der Waals surface area contributed by atoms with Gasteiger partial charge in [-0.1, -0.05) is 11.6 Å². The molecule has 0 saturated carbocycles. The molecule has 0 amide bonds. The van der Waals surface area contributed by atoms with Gasteiger partial charge in [-0.2, -0.15) is 0 Å². The second kappa shape index (κ2) is 7.11. The second-order valence-corrected chi connectivity index (χ2v) is 5.26. The van der Waals surface area contributed by atoms with E-state index >= 15 is 0 Å². The average molecular weight is 292 g/mol. The molecule has 1 N–H and O–H groups in total. The van der Waals surface area contributed by atoms with Crippen LogP contribution in [0.4, 0.5) is 0 Å². The molecule has 0 fully saturated rings. The van der Waals surface area contributed by atoms with Crippen LogP contribution in [0.3, 0.4) is 0 Å². The summed E-state index contributed by atoms with van der Waals surface area (Å²) >= 11 is 0. The number of carboxylic acid groups (broad SMARTS) is 1. The maximum absolute atomic E-state index is 11.7. The van der Waals surface area contributed by atoms with E-state index < -0.39 is 12.1 Å². The van der Waals surface area contributed by atoms with Gasteiger partial charge in [-0.15, -0.1) is 0 Å². The maximum Gasteiger partial charge on any atom is 0.344 e. The molecular weight excluding hydrogens is 272 g/mol. The highest BCUT2D eigenvalue weighted by atomic mass is 16.5. The van der Waals surface area contributed by atoms with E-state index in [-0.39, 0.29) is 11.2 Å². The molecule has 0 spiro atoms. The monoisotopic (exact) mass is 292 g/mol. The van der Waals surface area contributed by atoms with Crippen LogP contribution in [0.1, 0.15) is 44.3 Å². The highest BCUT2D eigenvalue weighted by Crippen LogP contribution is 2.23. The van der Waals surface area contributed by atoms with Gasteiger partial charge in [0.1, 0.15) is 5.76 Å². The predicted molar refractivity (Wildman–Crippen MR) is 77.6 cm³/mol. The number of carboxylic acids is 1. The van der Waals surface area contributed by atoms with Crippen LogP contribution >= 0.6 is 0 Å². The molecule has 0 bridgehead atoms. The van der Waals surface area contributed by atoms with E-state index in [2.05, 4.69) is 6.08 Å². The molecule has 5 nitrogen and oxygen atoms in total. The van der Waals surface area contributed by atoms with Gasteiger partial charge >= 0.3 is 5.97 Å². The molecule has 0 aliphatic heterocycles. The van der Waals surface area contributed by atoms with Gasteiger partial charge < -0.3 is 14.3 Å². The van der Waals surface area contributed by atoms with Gasteiger partial charge in [0.05, 0.1) is 6.26 Å². The Morgan fingerprint density at radius 1 is 1.48 bits per heavy atom. The van der Waals surface area contributed by atoms with E-state index in [9.17, 15) is 14.7 Å². The summed E-state index contributed by atoms with van der Waals surface area (Å²) in [7, 11) is 0. The molecule has 1 aromatic rings. The van der Waals surface area contributed by atoms with Crippen molar-refractivity contribution in [3.05, 3.63) is 40.0 Å². The van der Waals surface area contributed by atoms with Crippen LogP contribution < -0.4 is 10.2 Å². The van der Waals surface area contributed by atoms with Crippen molar-refractivity contribution in [2.24, 2.45) is 0 Å². The van der Waals surface area contributed by atoms with Crippen molar-refractivity contribution < 1.29 is 19.1 Å². The van der Waals surface area contributed by atoms with Gasteiger partial charge in [-0.3, -0.25) is 4.79 Å². The first-order valence-corrected chi connectivity index (χ1v) is 7.23. The van der Waals surface area contributed by atoms with Gasteiger partial charge in [0.15, 0.2) is 6.10 Å². The summed E-state index contributed by atoms with van der Waals surface area (Å²) in [5.74, 6) is -0.776. The lowest BCUT2D eigenvalue weighted by Gasteiger charge is -2.17. The molecule has 0 aromatic carbocycles. The minimum absolute atomic E-state index is 0.0116. The highest BCUT2D eigenvalue weighted by Gasteiger charge is 2.22. The molecule has 1 unspecified atom stereocenters. The van der Waals surface area contributed by atoms with E-state index in [0.717, 1.165) is 19.3 Å². The summed E-state index contributed by atoms with van der Waals surface area (Å²) in [4.78, 5) is 23.0. The Labute approximate surface area is 123 Å². The van der Waals surface area contributed by atoms with Crippen LogP contribution in [0.2, 0.25) is 0 Å². The molecule has 1 heterocycles. The summed E-state index contributed by atoms with van der Waals surface area (Å²) in [5.41, 5.74) is 0.926. The fourth-order valence-electron chi connectivity index (χ4n) is 2.46. The number of allylic oxidation sites excluding steroid dienone is 2. The maximum atomic E-state index is 11.7. The summed E-state index contributed by atoms with van der Waals surface area (Å²) in [6.45, 7) is 1.58. The smallest absolute Gasteiger partial charge is 0.344 e. The number of ether oxygens (including phenoxy) is 1. The lowest BCUT2D eigenvalue weighted by Crippen LogP contribution is -2.29. The SMILES string of the molecule is Cc1occc(=O)c1OC(CCC1=CCCCC1)C(=O)O. The molecule has 0 radical (unpaired) electrons. The van der Waals surface area contributed by atoms with Crippen LogP contribution in [-0.4, -0.2) is 17.2 Å². The molecule has 21 heavy (non-hydrogen) atoms. The third-order valence-corrected chi connectivity index (χ3v) is 3.66. The van der Waals surface area contributed by atoms with Crippen LogP contribution in [0, 0.1) is 6.92 Å². The van der Waals surface area contributed by atoms with Crippen molar-refractivity contribution in [2.75, 3.05) is 0 Å². The number of carbonyl (C=O) groups is 1.